The number of nitrogens with zero attached hydrogens (tertiary/aromatic N) is 2. The van der Waals surface area contributed by atoms with E-state index in [0.717, 1.165) is 25.9 Å². The van der Waals surface area contributed by atoms with Crippen molar-refractivity contribution in [2.24, 2.45) is 5.92 Å². The minimum Gasteiger partial charge on any atom is -0.481 e. The van der Waals surface area contributed by atoms with Gasteiger partial charge in [0.1, 0.15) is 0 Å². The summed E-state index contributed by atoms with van der Waals surface area (Å²) in [4.78, 5) is 13.1. The second kappa shape index (κ2) is 6.38. The summed E-state index contributed by atoms with van der Waals surface area (Å²) in [7, 11) is -1.45. The Morgan fingerprint density at radius 2 is 1.65 bits per heavy atom. The number of carboxylic acids is 1. The molecule has 7 nitrogen and oxygen atoms in total. The summed E-state index contributed by atoms with van der Waals surface area (Å²) in [5.41, 5.74) is 0. The van der Waals surface area contributed by atoms with Gasteiger partial charge >= 0.3 is 5.97 Å². The average molecular weight is 305 g/mol. The van der Waals surface area contributed by atoms with Gasteiger partial charge in [-0.3, -0.25) is 4.79 Å². The highest BCUT2D eigenvalue weighted by Crippen LogP contribution is 2.20. The fourth-order valence-electron chi connectivity index (χ4n) is 2.75. The van der Waals surface area contributed by atoms with E-state index in [4.69, 9.17) is 5.11 Å². The Bertz CT molecular complexity index is 438. The van der Waals surface area contributed by atoms with Gasteiger partial charge in [-0.2, -0.15) is 17.4 Å². The molecule has 2 aliphatic heterocycles. The normalized spacial score (nSPS) is 24.9. The standard InChI is InChI=1S/C12H23N3O4S/c1-14-6-4-11(5-7-14)13-20(18,19)15-8-2-10(3-9-15)12(16)17/h10-11,13H,2-9H2,1H3,(H,16,17). The molecule has 0 bridgehead atoms. The molecule has 2 rings (SSSR count). The highest BCUT2D eigenvalue weighted by Gasteiger charge is 2.32. The fourth-order valence-corrected chi connectivity index (χ4v) is 4.25. The summed E-state index contributed by atoms with van der Waals surface area (Å²) in [5, 5.41) is 8.92. The molecule has 0 spiro atoms. The molecule has 0 amide bonds. The fraction of sp³-hybridized carbons (Fsp3) is 0.917. The second-order valence-corrected chi connectivity index (χ2v) is 7.41. The molecule has 8 heteroatoms. The van der Waals surface area contributed by atoms with Crippen molar-refractivity contribution >= 4 is 16.2 Å². The van der Waals surface area contributed by atoms with Crippen LogP contribution in [0.2, 0.25) is 0 Å². The van der Waals surface area contributed by atoms with Gasteiger partial charge in [0.05, 0.1) is 5.92 Å². The molecule has 20 heavy (non-hydrogen) atoms. The molecular weight excluding hydrogens is 282 g/mol. The number of aliphatic carboxylic acids is 1. The molecule has 2 N–H and O–H groups in total. The van der Waals surface area contributed by atoms with Crippen LogP contribution >= 0.6 is 0 Å². The Morgan fingerprint density at radius 1 is 1.10 bits per heavy atom. The number of piperidine rings is 2. The molecule has 0 radical (unpaired) electrons. The highest BCUT2D eigenvalue weighted by atomic mass is 32.2. The van der Waals surface area contributed by atoms with Crippen LogP contribution in [-0.4, -0.2) is 68.0 Å². The molecule has 2 heterocycles. The van der Waals surface area contributed by atoms with Gasteiger partial charge in [-0.05, 0) is 45.8 Å². The number of rotatable bonds is 4. The summed E-state index contributed by atoms with van der Waals surface area (Å²) in [6.45, 7) is 2.38. The lowest BCUT2D eigenvalue weighted by Crippen LogP contribution is -2.51. The Kier molecular flexibility index (Phi) is 5.00. The number of carboxylic acid groups (broad SMARTS) is 1. The van der Waals surface area contributed by atoms with Crippen molar-refractivity contribution in [3.8, 4) is 0 Å². The van der Waals surface area contributed by atoms with E-state index in [1.165, 1.54) is 4.31 Å². The second-order valence-electron chi connectivity index (χ2n) is 5.71. The molecule has 0 aromatic heterocycles. The van der Waals surface area contributed by atoms with Crippen LogP contribution in [0, 0.1) is 5.92 Å². The molecule has 116 valence electrons. The molecule has 0 aromatic carbocycles. The minimum absolute atomic E-state index is 0.00611. The molecule has 0 aliphatic carbocycles. The molecule has 0 atom stereocenters. The van der Waals surface area contributed by atoms with Crippen LogP contribution in [0.25, 0.3) is 0 Å². The molecule has 2 fully saturated rings. The maximum absolute atomic E-state index is 12.3. The summed E-state index contributed by atoms with van der Waals surface area (Å²) in [6, 6.07) is -0.00611. The maximum Gasteiger partial charge on any atom is 0.306 e. The van der Waals surface area contributed by atoms with E-state index < -0.39 is 22.1 Å². The molecule has 2 aliphatic rings. The molecule has 0 aromatic rings. The first-order valence-corrected chi connectivity index (χ1v) is 8.51. The van der Waals surface area contributed by atoms with Gasteiger partial charge in [0, 0.05) is 19.1 Å². The zero-order valence-electron chi connectivity index (χ0n) is 11.8. The predicted molar refractivity (Wildman–Crippen MR) is 74.5 cm³/mol. The number of nitrogens with one attached hydrogen (secondary N) is 1. The third-order valence-corrected chi connectivity index (χ3v) is 5.85. The predicted octanol–water partition coefficient (Wildman–Crippen LogP) is -0.288. The van der Waals surface area contributed by atoms with Crippen molar-refractivity contribution in [2.45, 2.75) is 31.7 Å². The minimum atomic E-state index is -3.48. The van der Waals surface area contributed by atoms with Crippen LogP contribution in [-0.2, 0) is 15.0 Å². The van der Waals surface area contributed by atoms with Gasteiger partial charge in [-0.25, -0.2) is 0 Å². The highest BCUT2D eigenvalue weighted by molar-refractivity contribution is 7.87. The first kappa shape index (κ1) is 15.7. The van der Waals surface area contributed by atoms with E-state index in [1.807, 2.05) is 7.05 Å². The van der Waals surface area contributed by atoms with E-state index in [0.29, 0.717) is 25.9 Å². The van der Waals surface area contributed by atoms with Crippen LogP contribution in [0.1, 0.15) is 25.7 Å². The zero-order valence-corrected chi connectivity index (χ0v) is 12.6. The van der Waals surface area contributed by atoms with Gasteiger partial charge in [-0.1, -0.05) is 0 Å². The van der Waals surface area contributed by atoms with E-state index >= 15 is 0 Å². The van der Waals surface area contributed by atoms with Crippen LogP contribution in [0.5, 0.6) is 0 Å². The average Bonchev–Trinajstić information content (AvgIpc) is 2.41. The number of hydrogen-bond donors (Lipinski definition) is 2. The van der Waals surface area contributed by atoms with E-state index in [1.54, 1.807) is 0 Å². The quantitative estimate of drug-likeness (QED) is 0.745. The van der Waals surface area contributed by atoms with Gasteiger partial charge in [0.25, 0.3) is 10.2 Å². The molecule has 2 saturated heterocycles. The smallest absolute Gasteiger partial charge is 0.306 e. The zero-order chi connectivity index (χ0) is 14.8. The van der Waals surface area contributed by atoms with E-state index in [-0.39, 0.29) is 6.04 Å². The third kappa shape index (κ3) is 3.91. The van der Waals surface area contributed by atoms with Crippen LogP contribution < -0.4 is 4.72 Å². The van der Waals surface area contributed by atoms with Gasteiger partial charge < -0.3 is 10.0 Å². The molecule has 0 saturated carbocycles. The molecule has 0 unspecified atom stereocenters. The van der Waals surface area contributed by atoms with Crippen molar-refractivity contribution in [3.05, 3.63) is 0 Å². The van der Waals surface area contributed by atoms with Crippen LogP contribution in [0.3, 0.4) is 0 Å². The topological polar surface area (TPSA) is 90.0 Å². The lowest BCUT2D eigenvalue weighted by atomic mass is 9.99. The Hall–Kier alpha value is -0.700. The summed E-state index contributed by atoms with van der Waals surface area (Å²) >= 11 is 0. The molecular formula is C12H23N3O4S. The Labute approximate surface area is 120 Å². The Morgan fingerprint density at radius 3 is 2.15 bits per heavy atom. The Balaban J connectivity index is 1.86. The summed E-state index contributed by atoms with van der Waals surface area (Å²) in [5.74, 6) is -1.24. The third-order valence-electron chi connectivity index (χ3n) is 4.18. The van der Waals surface area contributed by atoms with Gasteiger partial charge in [0.2, 0.25) is 0 Å². The van der Waals surface area contributed by atoms with Crippen molar-refractivity contribution in [1.29, 1.82) is 0 Å². The monoisotopic (exact) mass is 305 g/mol. The maximum atomic E-state index is 12.3. The summed E-state index contributed by atoms with van der Waals surface area (Å²) < 4.78 is 28.7. The van der Waals surface area contributed by atoms with E-state index in [9.17, 15) is 13.2 Å². The first-order chi connectivity index (χ1) is 9.38. The lowest BCUT2D eigenvalue weighted by Gasteiger charge is -2.33. The number of hydrogen-bond acceptors (Lipinski definition) is 4. The van der Waals surface area contributed by atoms with Gasteiger partial charge in [-0.15, -0.1) is 0 Å². The number of carbonyl (C=O) groups is 1. The van der Waals surface area contributed by atoms with Crippen molar-refractivity contribution < 1.29 is 18.3 Å². The number of likely N-dealkylation sites (tertiary alicyclic amines) is 1. The van der Waals surface area contributed by atoms with Crippen LogP contribution in [0.4, 0.5) is 0 Å². The lowest BCUT2D eigenvalue weighted by molar-refractivity contribution is -0.142. The first-order valence-electron chi connectivity index (χ1n) is 7.07. The summed E-state index contributed by atoms with van der Waals surface area (Å²) in [6.07, 6.45) is 2.43. The van der Waals surface area contributed by atoms with Crippen molar-refractivity contribution in [3.63, 3.8) is 0 Å². The SMILES string of the molecule is CN1CCC(NS(=O)(=O)N2CCC(C(=O)O)CC2)CC1. The van der Waals surface area contributed by atoms with Crippen molar-refractivity contribution in [2.75, 3.05) is 33.2 Å². The van der Waals surface area contributed by atoms with Crippen LogP contribution in [0.15, 0.2) is 0 Å². The van der Waals surface area contributed by atoms with E-state index in [2.05, 4.69) is 9.62 Å². The largest absolute Gasteiger partial charge is 0.481 e. The van der Waals surface area contributed by atoms with Crippen molar-refractivity contribution in [1.82, 2.24) is 13.9 Å². The van der Waals surface area contributed by atoms with Gasteiger partial charge in [0.15, 0.2) is 0 Å².